The molecule has 5 nitrogen and oxygen atoms in total. The first-order chi connectivity index (χ1) is 11.1. The predicted molar refractivity (Wildman–Crippen MR) is 91.8 cm³/mol. The minimum Gasteiger partial charge on any atom is -0.371 e. The van der Waals surface area contributed by atoms with Crippen LogP contribution in [-0.4, -0.2) is 34.8 Å². The van der Waals surface area contributed by atoms with Gasteiger partial charge in [-0.05, 0) is 38.8 Å². The Balaban J connectivity index is 1.59. The zero-order valence-corrected chi connectivity index (χ0v) is 14.0. The average Bonchev–Trinajstić information content (AvgIpc) is 2.81. The van der Waals surface area contributed by atoms with E-state index in [1.807, 2.05) is 27.0 Å². The minimum atomic E-state index is 0.00580. The van der Waals surface area contributed by atoms with Gasteiger partial charge in [0.25, 0.3) is 5.91 Å². The van der Waals surface area contributed by atoms with E-state index in [1.165, 1.54) is 5.69 Å². The van der Waals surface area contributed by atoms with Crippen LogP contribution in [0.4, 0.5) is 5.69 Å². The highest BCUT2D eigenvalue weighted by atomic mass is 16.1. The Morgan fingerprint density at radius 3 is 2.39 bits per heavy atom. The lowest BCUT2D eigenvalue weighted by molar-refractivity contribution is 0.0930. The highest BCUT2D eigenvalue weighted by molar-refractivity contribution is 5.96. The number of aromatic nitrogens is 2. The Morgan fingerprint density at radius 1 is 1.17 bits per heavy atom. The van der Waals surface area contributed by atoms with Crippen LogP contribution in [0.3, 0.4) is 0 Å². The number of aryl methyl sites for hydroxylation is 2. The van der Waals surface area contributed by atoms with Gasteiger partial charge in [-0.2, -0.15) is 5.10 Å². The monoisotopic (exact) mass is 312 g/mol. The van der Waals surface area contributed by atoms with Crippen LogP contribution < -0.4 is 10.2 Å². The van der Waals surface area contributed by atoms with Gasteiger partial charge in [-0.1, -0.05) is 18.2 Å². The van der Waals surface area contributed by atoms with Crippen molar-refractivity contribution < 1.29 is 4.79 Å². The zero-order valence-electron chi connectivity index (χ0n) is 14.0. The van der Waals surface area contributed by atoms with Crippen molar-refractivity contribution in [1.82, 2.24) is 15.1 Å². The molecule has 1 aromatic heterocycles. The largest absolute Gasteiger partial charge is 0.371 e. The third-order valence-corrected chi connectivity index (χ3v) is 4.69. The number of nitrogens with one attached hydrogen (secondary N) is 1. The van der Waals surface area contributed by atoms with Crippen LogP contribution in [0.5, 0.6) is 0 Å². The number of rotatable bonds is 3. The summed E-state index contributed by atoms with van der Waals surface area (Å²) in [6.07, 6.45) is 1.94. The Bertz CT molecular complexity index is 685. The van der Waals surface area contributed by atoms with E-state index in [0.717, 1.165) is 42.9 Å². The molecule has 23 heavy (non-hydrogen) atoms. The summed E-state index contributed by atoms with van der Waals surface area (Å²) in [6.45, 7) is 5.77. The summed E-state index contributed by atoms with van der Waals surface area (Å²) in [6, 6.07) is 10.7. The van der Waals surface area contributed by atoms with E-state index in [2.05, 4.69) is 39.6 Å². The number of hydrogen-bond donors (Lipinski definition) is 1. The van der Waals surface area contributed by atoms with Crippen molar-refractivity contribution >= 4 is 11.6 Å². The number of para-hydroxylation sites is 1. The summed E-state index contributed by atoms with van der Waals surface area (Å²) < 4.78 is 1.77. The van der Waals surface area contributed by atoms with Gasteiger partial charge in [0.05, 0.1) is 11.3 Å². The number of piperidine rings is 1. The lowest BCUT2D eigenvalue weighted by Gasteiger charge is -2.34. The molecule has 5 heteroatoms. The lowest BCUT2D eigenvalue weighted by Crippen LogP contribution is -2.44. The van der Waals surface area contributed by atoms with E-state index >= 15 is 0 Å². The van der Waals surface area contributed by atoms with Gasteiger partial charge in [-0.25, -0.2) is 0 Å². The maximum absolute atomic E-state index is 12.5. The summed E-state index contributed by atoms with van der Waals surface area (Å²) in [5.74, 6) is 0.00580. The van der Waals surface area contributed by atoms with Crippen LogP contribution >= 0.6 is 0 Å². The van der Waals surface area contributed by atoms with Gasteiger partial charge in [0.1, 0.15) is 0 Å². The van der Waals surface area contributed by atoms with Gasteiger partial charge in [-0.3, -0.25) is 9.48 Å². The molecule has 1 aliphatic rings. The molecule has 1 saturated heterocycles. The van der Waals surface area contributed by atoms with E-state index in [0.29, 0.717) is 0 Å². The summed E-state index contributed by atoms with van der Waals surface area (Å²) in [5.41, 5.74) is 3.69. The molecule has 0 radical (unpaired) electrons. The molecule has 1 N–H and O–H groups in total. The summed E-state index contributed by atoms with van der Waals surface area (Å²) >= 11 is 0. The first-order valence-corrected chi connectivity index (χ1v) is 8.17. The zero-order chi connectivity index (χ0) is 16.4. The Morgan fingerprint density at radius 2 is 1.83 bits per heavy atom. The normalized spacial score (nSPS) is 15.7. The SMILES string of the molecule is Cc1nn(C)c(C)c1C(=O)NC1CCN(c2ccccc2)CC1. The van der Waals surface area contributed by atoms with Gasteiger partial charge >= 0.3 is 0 Å². The summed E-state index contributed by atoms with van der Waals surface area (Å²) in [4.78, 5) is 14.9. The predicted octanol–water partition coefficient (Wildman–Crippen LogP) is 2.44. The van der Waals surface area contributed by atoms with Crippen molar-refractivity contribution in [2.24, 2.45) is 7.05 Å². The summed E-state index contributed by atoms with van der Waals surface area (Å²) in [5, 5.41) is 7.51. The van der Waals surface area contributed by atoms with Crippen molar-refractivity contribution in [3.63, 3.8) is 0 Å². The molecule has 1 aromatic carbocycles. The molecule has 0 aliphatic carbocycles. The molecule has 1 fully saturated rings. The van der Waals surface area contributed by atoms with Crippen LogP contribution in [0.25, 0.3) is 0 Å². The highest BCUT2D eigenvalue weighted by Crippen LogP contribution is 2.20. The molecule has 0 saturated carbocycles. The molecular formula is C18H24N4O. The van der Waals surface area contributed by atoms with Crippen LogP contribution in [0.1, 0.15) is 34.6 Å². The van der Waals surface area contributed by atoms with Gasteiger partial charge < -0.3 is 10.2 Å². The van der Waals surface area contributed by atoms with Gasteiger partial charge in [0.15, 0.2) is 0 Å². The molecule has 0 bridgehead atoms. The van der Waals surface area contributed by atoms with Gasteiger partial charge in [0.2, 0.25) is 0 Å². The maximum Gasteiger partial charge on any atom is 0.255 e. The number of amides is 1. The lowest BCUT2D eigenvalue weighted by atomic mass is 10.0. The average molecular weight is 312 g/mol. The van der Waals surface area contributed by atoms with Crippen molar-refractivity contribution in [3.8, 4) is 0 Å². The second-order valence-electron chi connectivity index (χ2n) is 6.24. The first-order valence-electron chi connectivity index (χ1n) is 8.17. The van der Waals surface area contributed by atoms with E-state index < -0.39 is 0 Å². The van der Waals surface area contributed by atoms with E-state index in [9.17, 15) is 4.79 Å². The second-order valence-corrected chi connectivity index (χ2v) is 6.24. The van der Waals surface area contributed by atoms with Crippen LogP contribution in [0, 0.1) is 13.8 Å². The standard InChI is InChI=1S/C18H24N4O/c1-13-17(14(2)21(3)20-13)18(23)19-15-9-11-22(12-10-15)16-7-5-4-6-8-16/h4-8,15H,9-12H2,1-3H3,(H,19,23). The molecule has 0 unspecified atom stereocenters. The van der Waals surface area contributed by atoms with Crippen LogP contribution in [-0.2, 0) is 7.05 Å². The van der Waals surface area contributed by atoms with Crippen LogP contribution in [0.2, 0.25) is 0 Å². The van der Waals surface area contributed by atoms with Crippen molar-refractivity contribution in [2.75, 3.05) is 18.0 Å². The number of hydrogen-bond acceptors (Lipinski definition) is 3. The number of nitrogens with zero attached hydrogens (tertiary/aromatic N) is 3. The molecule has 2 heterocycles. The third kappa shape index (κ3) is 3.23. The number of benzene rings is 1. The maximum atomic E-state index is 12.5. The number of carbonyl (C=O) groups is 1. The molecule has 3 rings (SSSR count). The first kappa shape index (κ1) is 15.6. The fraction of sp³-hybridized carbons (Fsp3) is 0.444. The Kier molecular flexibility index (Phi) is 4.37. The van der Waals surface area contributed by atoms with E-state index in [4.69, 9.17) is 0 Å². The fourth-order valence-corrected chi connectivity index (χ4v) is 3.28. The van der Waals surface area contributed by atoms with E-state index in [1.54, 1.807) is 4.68 Å². The molecular weight excluding hydrogens is 288 g/mol. The molecule has 1 amide bonds. The van der Waals surface area contributed by atoms with E-state index in [-0.39, 0.29) is 11.9 Å². The molecule has 0 atom stereocenters. The van der Waals surface area contributed by atoms with Crippen molar-refractivity contribution in [1.29, 1.82) is 0 Å². The smallest absolute Gasteiger partial charge is 0.255 e. The number of carbonyl (C=O) groups excluding carboxylic acids is 1. The van der Waals surface area contributed by atoms with Crippen molar-refractivity contribution in [3.05, 3.63) is 47.3 Å². The minimum absolute atomic E-state index is 0.00580. The summed E-state index contributed by atoms with van der Waals surface area (Å²) in [7, 11) is 1.87. The Hall–Kier alpha value is -2.30. The second kappa shape index (κ2) is 6.44. The molecule has 2 aromatic rings. The quantitative estimate of drug-likeness (QED) is 0.947. The number of anilines is 1. The third-order valence-electron chi connectivity index (χ3n) is 4.69. The topological polar surface area (TPSA) is 50.2 Å². The highest BCUT2D eigenvalue weighted by Gasteiger charge is 2.24. The fourth-order valence-electron chi connectivity index (χ4n) is 3.28. The molecule has 0 spiro atoms. The van der Waals surface area contributed by atoms with Gasteiger partial charge in [-0.15, -0.1) is 0 Å². The Labute approximate surface area is 137 Å². The van der Waals surface area contributed by atoms with Gasteiger partial charge in [0, 0.05) is 37.6 Å². The van der Waals surface area contributed by atoms with Crippen LogP contribution in [0.15, 0.2) is 30.3 Å². The van der Waals surface area contributed by atoms with Crippen molar-refractivity contribution in [2.45, 2.75) is 32.7 Å². The molecule has 122 valence electrons. The molecule has 1 aliphatic heterocycles.